The van der Waals surface area contributed by atoms with Gasteiger partial charge in [-0.3, -0.25) is 9.59 Å². The van der Waals surface area contributed by atoms with Crippen molar-refractivity contribution in [3.63, 3.8) is 0 Å². The summed E-state index contributed by atoms with van der Waals surface area (Å²) in [6, 6.07) is 14.7. The first kappa shape index (κ1) is 21.2. The van der Waals surface area contributed by atoms with Crippen LogP contribution in [0.2, 0.25) is 0 Å². The largest absolute Gasteiger partial charge is 0.372 e. The molecule has 0 bridgehead atoms. The average Bonchev–Trinajstić information content (AvgIpc) is 3.21. The lowest BCUT2D eigenvalue weighted by Gasteiger charge is -2.32. The van der Waals surface area contributed by atoms with Crippen LogP contribution in [-0.4, -0.2) is 31.4 Å². The molecule has 2 aliphatic heterocycles. The first-order chi connectivity index (χ1) is 15.0. The number of rotatable bonds is 6. The Bertz CT molecular complexity index is 933. The molecule has 6 nitrogen and oxygen atoms in total. The molecule has 6 heteroatoms. The lowest BCUT2D eigenvalue weighted by Crippen LogP contribution is -2.32. The van der Waals surface area contributed by atoms with Gasteiger partial charge in [0.05, 0.1) is 5.92 Å². The fraction of sp³-hybridized carbons (Fsp3) is 0.440. The number of nitrogens with one attached hydrogen (secondary N) is 3. The molecule has 0 aromatic heterocycles. The van der Waals surface area contributed by atoms with Crippen LogP contribution >= 0.6 is 0 Å². The molecular weight excluding hydrogens is 388 g/mol. The highest BCUT2D eigenvalue weighted by Crippen LogP contribution is 2.28. The van der Waals surface area contributed by atoms with Gasteiger partial charge in [0, 0.05) is 49.7 Å². The Morgan fingerprint density at radius 1 is 1.13 bits per heavy atom. The summed E-state index contributed by atoms with van der Waals surface area (Å²) >= 11 is 0. The van der Waals surface area contributed by atoms with Crippen molar-refractivity contribution in [3.8, 4) is 0 Å². The second-order valence-corrected chi connectivity index (χ2v) is 8.91. The lowest BCUT2D eigenvalue weighted by molar-refractivity contribution is -0.126. The molecule has 1 unspecified atom stereocenters. The van der Waals surface area contributed by atoms with Crippen molar-refractivity contribution in [2.24, 2.45) is 11.8 Å². The van der Waals surface area contributed by atoms with Crippen LogP contribution in [0.4, 0.5) is 17.1 Å². The molecule has 31 heavy (non-hydrogen) atoms. The van der Waals surface area contributed by atoms with Crippen molar-refractivity contribution in [1.29, 1.82) is 0 Å². The number of hydrogen-bond acceptors (Lipinski definition) is 4. The second-order valence-electron chi connectivity index (χ2n) is 8.91. The van der Waals surface area contributed by atoms with Crippen LogP contribution in [0.25, 0.3) is 0 Å². The molecule has 2 aromatic rings. The van der Waals surface area contributed by atoms with Gasteiger partial charge in [0.15, 0.2) is 0 Å². The van der Waals surface area contributed by atoms with E-state index in [-0.39, 0.29) is 24.2 Å². The summed E-state index contributed by atoms with van der Waals surface area (Å²) in [7, 11) is 0. The SMILES string of the molecule is Cc1cc(N2CCC(C)CC2)ccc1Nc1ccc(CNC(=O)C2CNC(=O)C2)cc1. The molecule has 0 aliphatic carbocycles. The molecule has 2 saturated heterocycles. The second kappa shape index (κ2) is 9.41. The van der Waals surface area contributed by atoms with Crippen LogP contribution in [0.1, 0.15) is 37.3 Å². The van der Waals surface area contributed by atoms with Crippen LogP contribution in [0.3, 0.4) is 0 Å². The van der Waals surface area contributed by atoms with E-state index in [0.29, 0.717) is 13.1 Å². The number of anilines is 3. The summed E-state index contributed by atoms with van der Waals surface area (Å²) in [5.41, 5.74) is 5.69. The van der Waals surface area contributed by atoms with Crippen molar-refractivity contribution in [2.75, 3.05) is 29.9 Å². The normalized spacial score (nSPS) is 19.2. The maximum atomic E-state index is 12.1. The van der Waals surface area contributed by atoms with Gasteiger partial charge >= 0.3 is 0 Å². The molecule has 2 aliphatic rings. The van der Waals surface area contributed by atoms with Crippen molar-refractivity contribution in [3.05, 3.63) is 53.6 Å². The van der Waals surface area contributed by atoms with Crippen LogP contribution < -0.4 is 20.9 Å². The van der Waals surface area contributed by atoms with E-state index in [1.807, 2.05) is 24.3 Å². The topological polar surface area (TPSA) is 73.5 Å². The number of hydrogen-bond donors (Lipinski definition) is 3. The van der Waals surface area contributed by atoms with E-state index in [2.05, 4.69) is 52.9 Å². The molecule has 1 atom stereocenters. The zero-order valence-electron chi connectivity index (χ0n) is 18.4. The number of benzene rings is 2. The minimum Gasteiger partial charge on any atom is -0.372 e. The predicted molar refractivity (Wildman–Crippen MR) is 124 cm³/mol. The summed E-state index contributed by atoms with van der Waals surface area (Å²) in [5, 5.41) is 9.12. The molecule has 2 fully saturated rings. The molecule has 2 amide bonds. The van der Waals surface area contributed by atoms with Gasteiger partial charge in [-0.25, -0.2) is 0 Å². The first-order valence-corrected chi connectivity index (χ1v) is 11.2. The Morgan fingerprint density at radius 2 is 1.87 bits per heavy atom. The highest BCUT2D eigenvalue weighted by atomic mass is 16.2. The quantitative estimate of drug-likeness (QED) is 0.666. The third-order valence-corrected chi connectivity index (χ3v) is 6.41. The Kier molecular flexibility index (Phi) is 6.44. The van der Waals surface area contributed by atoms with Gasteiger partial charge in [0.2, 0.25) is 11.8 Å². The van der Waals surface area contributed by atoms with Gasteiger partial charge in [-0.05, 0) is 67.1 Å². The molecule has 3 N–H and O–H groups in total. The molecule has 0 spiro atoms. The van der Waals surface area contributed by atoms with Crippen LogP contribution in [0.15, 0.2) is 42.5 Å². The molecule has 2 aromatic carbocycles. The fourth-order valence-electron chi connectivity index (χ4n) is 4.24. The van der Waals surface area contributed by atoms with Gasteiger partial charge in [-0.1, -0.05) is 19.1 Å². The summed E-state index contributed by atoms with van der Waals surface area (Å²) in [6.45, 7) is 7.65. The van der Waals surface area contributed by atoms with Gasteiger partial charge in [0.1, 0.15) is 0 Å². The Labute approximate surface area is 184 Å². The van der Waals surface area contributed by atoms with Crippen LogP contribution in [0.5, 0.6) is 0 Å². The van der Waals surface area contributed by atoms with Crippen LogP contribution in [-0.2, 0) is 16.1 Å². The zero-order chi connectivity index (χ0) is 21.8. The highest BCUT2D eigenvalue weighted by molar-refractivity contribution is 5.89. The molecule has 164 valence electrons. The van der Waals surface area contributed by atoms with Crippen molar-refractivity contribution in [2.45, 2.75) is 39.7 Å². The lowest BCUT2D eigenvalue weighted by atomic mass is 9.98. The predicted octanol–water partition coefficient (Wildman–Crippen LogP) is 3.73. The zero-order valence-corrected chi connectivity index (χ0v) is 18.4. The highest BCUT2D eigenvalue weighted by Gasteiger charge is 2.27. The molecular formula is C25H32N4O2. The average molecular weight is 421 g/mol. The number of nitrogens with zero attached hydrogens (tertiary/aromatic N) is 1. The van der Waals surface area contributed by atoms with E-state index in [1.54, 1.807) is 0 Å². The smallest absolute Gasteiger partial charge is 0.225 e. The fourth-order valence-corrected chi connectivity index (χ4v) is 4.24. The molecule has 0 saturated carbocycles. The number of amides is 2. The molecule has 0 radical (unpaired) electrons. The summed E-state index contributed by atoms with van der Waals surface area (Å²) in [4.78, 5) is 25.9. The minimum absolute atomic E-state index is 0.0515. The van der Waals surface area contributed by atoms with Gasteiger partial charge in [0.25, 0.3) is 0 Å². The maximum absolute atomic E-state index is 12.1. The van der Waals surface area contributed by atoms with Crippen molar-refractivity contribution in [1.82, 2.24) is 10.6 Å². The van der Waals surface area contributed by atoms with Crippen LogP contribution in [0, 0.1) is 18.8 Å². The maximum Gasteiger partial charge on any atom is 0.225 e. The van der Waals surface area contributed by atoms with E-state index in [1.165, 1.54) is 24.1 Å². The van der Waals surface area contributed by atoms with E-state index >= 15 is 0 Å². The van der Waals surface area contributed by atoms with Crippen molar-refractivity contribution < 1.29 is 9.59 Å². The minimum atomic E-state index is -0.257. The van der Waals surface area contributed by atoms with E-state index in [0.717, 1.165) is 35.9 Å². The monoisotopic (exact) mass is 420 g/mol. The van der Waals surface area contributed by atoms with Gasteiger partial charge in [-0.15, -0.1) is 0 Å². The standard InChI is InChI=1S/C25H32N4O2/c1-17-9-11-29(12-10-17)22-7-8-23(18(2)13-22)28-21-5-3-19(4-6-21)15-27-25(31)20-14-24(30)26-16-20/h3-8,13,17,20,28H,9-12,14-16H2,1-2H3,(H,26,30)(H,27,31). The number of carbonyl (C=O) groups excluding carboxylic acids is 2. The van der Waals surface area contributed by atoms with Gasteiger partial charge in [-0.2, -0.15) is 0 Å². The molecule has 2 heterocycles. The summed E-state index contributed by atoms with van der Waals surface area (Å²) in [6.07, 6.45) is 2.81. The Hall–Kier alpha value is -3.02. The third kappa shape index (κ3) is 5.37. The Balaban J connectivity index is 1.31. The molecule has 4 rings (SSSR count). The number of aryl methyl sites for hydroxylation is 1. The summed E-state index contributed by atoms with van der Waals surface area (Å²) < 4.78 is 0. The van der Waals surface area contributed by atoms with E-state index in [9.17, 15) is 9.59 Å². The Morgan fingerprint density at radius 3 is 2.52 bits per heavy atom. The summed E-state index contributed by atoms with van der Waals surface area (Å²) in [5.74, 6) is 0.454. The first-order valence-electron chi connectivity index (χ1n) is 11.2. The van der Waals surface area contributed by atoms with E-state index < -0.39 is 0 Å². The van der Waals surface area contributed by atoms with E-state index in [4.69, 9.17) is 0 Å². The number of piperidine rings is 1. The van der Waals surface area contributed by atoms with Gasteiger partial charge < -0.3 is 20.9 Å². The number of carbonyl (C=O) groups is 2. The third-order valence-electron chi connectivity index (χ3n) is 6.41. The van der Waals surface area contributed by atoms with Crippen molar-refractivity contribution >= 4 is 28.9 Å².